The largest absolute Gasteiger partial charge is 0.355 e. The molecular weight excluding hydrogens is 268 g/mol. The van der Waals surface area contributed by atoms with Gasteiger partial charge in [-0.25, -0.2) is 4.98 Å². The number of piperidine rings is 1. The maximum Gasteiger partial charge on any atom is 0.225 e. The van der Waals surface area contributed by atoms with Crippen molar-refractivity contribution in [1.29, 1.82) is 0 Å². The third kappa shape index (κ3) is 3.09. The summed E-state index contributed by atoms with van der Waals surface area (Å²) in [4.78, 5) is 31.3. The van der Waals surface area contributed by atoms with Crippen LogP contribution in [-0.2, 0) is 16.0 Å². The highest BCUT2D eigenvalue weighted by Crippen LogP contribution is 2.37. The van der Waals surface area contributed by atoms with Gasteiger partial charge in [0.1, 0.15) is 0 Å². The Labute approximate surface area is 124 Å². The molecule has 0 bridgehead atoms. The average Bonchev–Trinajstić information content (AvgIpc) is 3.01. The van der Waals surface area contributed by atoms with Crippen LogP contribution in [0.2, 0.25) is 0 Å². The van der Waals surface area contributed by atoms with Crippen LogP contribution in [0.15, 0.2) is 12.5 Å². The van der Waals surface area contributed by atoms with Crippen LogP contribution >= 0.6 is 0 Å². The van der Waals surface area contributed by atoms with Crippen LogP contribution in [0.3, 0.4) is 0 Å². The third-order valence-electron chi connectivity index (χ3n) is 4.75. The first-order chi connectivity index (χ1) is 10.3. The minimum atomic E-state index is -0.0743. The number of hydrogen-bond donors (Lipinski definition) is 3. The van der Waals surface area contributed by atoms with Crippen LogP contribution in [0.4, 0.5) is 0 Å². The van der Waals surface area contributed by atoms with Crippen LogP contribution in [0.5, 0.6) is 0 Å². The topological polar surface area (TPSA) is 86.9 Å². The zero-order valence-corrected chi connectivity index (χ0v) is 12.1. The Balaban J connectivity index is 1.54. The van der Waals surface area contributed by atoms with E-state index in [-0.39, 0.29) is 29.6 Å². The Morgan fingerprint density at radius 1 is 1.38 bits per heavy atom. The average molecular weight is 290 g/mol. The molecule has 1 saturated carbocycles. The summed E-state index contributed by atoms with van der Waals surface area (Å²) in [6, 6.07) is 0. The van der Waals surface area contributed by atoms with Gasteiger partial charge in [-0.05, 0) is 18.8 Å². The van der Waals surface area contributed by atoms with E-state index in [0.29, 0.717) is 13.1 Å². The van der Waals surface area contributed by atoms with Gasteiger partial charge in [-0.15, -0.1) is 0 Å². The second-order valence-electron chi connectivity index (χ2n) is 6.02. The summed E-state index contributed by atoms with van der Waals surface area (Å²) in [5, 5.41) is 5.90. The van der Waals surface area contributed by atoms with Crippen molar-refractivity contribution in [2.24, 2.45) is 17.8 Å². The van der Waals surface area contributed by atoms with E-state index in [1.165, 1.54) is 0 Å². The lowest BCUT2D eigenvalue weighted by Gasteiger charge is -2.39. The number of carbonyl (C=O) groups excluding carboxylic acids is 2. The van der Waals surface area contributed by atoms with Gasteiger partial charge in [-0.2, -0.15) is 0 Å². The molecule has 1 aromatic heterocycles. The number of rotatable bonds is 4. The normalized spacial score (nSPS) is 28.6. The highest BCUT2D eigenvalue weighted by atomic mass is 16.2. The summed E-state index contributed by atoms with van der Waals surface area (Å²) < 4.78 is 0. The van der Waals surface area contributed by atoms with Crippen molar-refractivity contribution in [3.8, 4) is 0 Å². The fraction of sp³-hybridized carbons (Fsp3) is 0.667. The minimum Gasteiger partial charge on any atom is -0.355 e. The molecule has 1 aromatic rings. The van der Waals surface area contributed by atoms with Gasteiger partial charge in [0.15, 0.2) is 0 Å². The zero-order valence-electron chi connectivity index (χ0n) is 12.1. The Morgan fingerprint density at radius 3 is 3.05 bits per heavy atom. The molecule has 2 fully saturated rings. The van der Waals surface area contributed by atoms with Crippen molar-refractivity contribution in [1.82, 2.24) is 20.6 Å². The molecule has 1 aliphatic heterocycles. The monoisotopic (exact) mass is 290 g/mol. The predicted molar refractivity (Wildman–Crippen MR) is 77.2 cm³/mol. The number of fused-ring (bicyclic) bond motifs is 1. The molecule has 0 spiro atoms. The van der Waals surface area contributed by atoms with Crippen molar-refractivity contribution in [2.75, 3.05) is 13.1 Å². The number of carbonyl (C=O) groups is 2. The molecule has 1 aliphatic carbocycles. The van der Waals surface area contributed by atoms with Crippen LogP contribution in [0.25, 0.3) is 0 Å². The van der Waals surface area contributed by atoms with Crippen molar-refractivity contribution in [3.05, 3.63) is 18.2 Å². The van der Waals surface area contributed by atoms with Gasteiger partial charge in [-0.3, -0.25) is 9.59 Å². The molecule has 2 heterocycles. The fourth-order valence-electron chi connectivity index (χ4n) is 3.62. The lowest BCUT2D eigenvalue weighted by atomic mass is 9.69. The first kappa shape index (κ1) is 14.1. The van der Waals surface area contributed by atoms with E-state index in [0.717, 1.165) is 37.8 Å². The second-order valence-corrected chi connectivity index (χ2v) is 6.02. The van der Waals surface area contributed by atoms with E-state index in [1.807, 2.05) is 0 Å². The van der Waals surface area contributed by atoms with E-state index >= 15 is 0 Å². The summed E-state index contributed by atoms with van der Waals surface area (Å²) in [6.45, 7) is 1.08. The maximum atomic E-state index is 12.4. The van der Waals surface area contributed by atoms with Gasteiger partial charge in [0.25, 0.3) is 0 Å². The number of nitrogens with one attached hydrogen (secondary N) is 3. The molecule has 0 aromatic carbocycles. The summed E-state index contributed by atoms with van der Waals surface area (Å²) in [5.41, 5.74) is 1.02. The van der Waals surface area contributed by atoms with Gasteiger partial charge in [0, 0.05) is 37.3 Å². The first-order valence-electron chi connectivity index (χ1n) is 7.78. The molecule has 2 amide bonds. The van der Waals surface area contributed by atoms with Crippen molar-refractivity contribution in [3.63, 3.8) is 0 Å². The van der Waals surface area contributed by atoms with Gasteiger partial charge >= 0.3 is 0 Å². The molecule has 6 heteroatoms. The van der Waals surface area contributed by atoms with E-state index in [4.69, 9.17) is 0 Å². The highest BCUT2D eigenvalue weighted by molar-refractivity contribution is 5.85. The molecule has 0 radical (unpaired) electrons. The summed E-state index contributed by atoms with van der Waals surface area (Å²) in [6.07, 6.45) is 8.31. The molecule has 3 N–H and O–H groups in total. The number of aromatic nitrogens is 2. The first-order valence-corrected chi connectivity index (χ1v) is 7.78. The predicted octanol–water partition coefficient (Wildman–Crippen LogP) is 0.621. The number of hydrogen-bond acceptors (Lipinski definition) is 3. The summed E-state index contributed by atoms with van der Waals surface area (Å²) >= 11 is 0. The molecular formula is C15H22N4O2. The van der Waals surface area contributed by atoms with Gasteiger partial charge in [0.05, 0.1) is 12.2 Å². The van der Waals surface area contributed by atoms with E-state index in [9.17, 15) is 9.59 Å². The van der Waals surface area contributed by atoms with Gasteiger partial charge in [-0.1, -0.05) is 12.8 Å². The van der Waals surface area contributed by atoms with Crippen LogP contribution < -0.4 is 10.6 Å². The number of nitrogens with zero attached hydrogens (tertiary/aromatic N) is 1. The minimum absolute atomic E-state index is 0.0378. The fourth-order valence-corrected chi connectivity index (χ4v) is 3.62. The second kappa shape index (κ2) is 6.28. The van der Waals surface area contributed by atoms with Gasteiger partial charge in [0.2, 0.25) is 11.8 Å². The Kier molecular flexibility index (Phi) is 4.22. The van der Waals surface area contributed by atoms with E-state index < -0.39 is 0 Å². The lowest BCUT2D eigenvalue weighted by molar-refractivity contribution is -0.138. The Bertz CT molecular complexity index is 500. The molecule has 2 aliphatic rings. The SMILES string of the molecule is O=C1NCC(C(=O)NCCc2cnc[nH]2)C2CCCCC12. The number of H-pyrrole nitrogens is 1. The molecule has 21 heavy (non-hydrogen) atoms. The lowest BCUT2D eigenvalue weighted by Crippen LogP contribution is -2.53. The van der Waals surface area contributed by atoms with Crippen LogP contribution in [-0.4, -0.2) is 34.9 Å². The molecule has 3 atom stereocenters. The van der Waals surface area contributed by atoms with E-state index in [2.05, 4.69) is 20.6 Å². The van der Waals surface area contributed by atoms with Crippen LogP contribution in [0, 0.1) is 17.8 Å². The maximum absolute atomic E-state index is 12.4. The van der Waals surface area contributed by atoms with Crippen LogP contribution in [0.1, 0.15) is 31.4 Å². The molecule has 3 rings (SSSR count). The number of imidazole rings is 1. The summed E-state index contributed by atoms with van der Waals surface area (Å²) in [5.74, 6) is 0.401. The summed E-state index contributed by atoms with van der Waals surface area (Å²) in [7, 11) is 0. The van der Waals surface area contributed by atoms with Crippen molar-refractivity contribution < 1.29 is 9.59 Å². The third-order valence-corrected chi connectivity index (χ3v) is 4.75. The van der Waals surface area contributed by atoms with Gasteiger partial charge < -0.3 is 15.6 Å². The van der Waals surface area contributed by atoms with Crippen molar-refractivity contribution >= 4 is 11.8 Å². The molecule has 6 nitrogen and oxygen atoms in total. The highest BCUT2D eigenvalue weighted by Gasteiger charge is 2.42. The molecule has 1 saturated heterocycles. The van der Waals surface area contributed by atoms with Crippen molar-refractivity contribution in [2.45, 2.75) is 32.1 Å². The van der Waals surface area contributed by atoms with E-state index in [1.54, 1.807) is 12.5 Å². The number of amides is 2. The Morgan fingerprint density at radius 2 is 2.24 bits per heavy atom. The standard InChI is InChI=1S/C15H22N4O2/c20-14-12-4-2-1-3-11(12)13(8-18-14)15(21)17-6-5-10-7-16-9-19-10/h7,9,11-13H,1-6,8H2,(H,16,19)(H,17,21)(H,18,20). The molecule has 3 unspecified atom stereocenters. The zero-order chi connectivity index (χ0) is 14.7. The quantitative estimate of drug-likeness (QED) is 0.760. The number of aromatic amines is 1. The Hall–Kier alpha value is -1.85. The smallest absolute Gasteiger partial charge is 0.225 e. The molecule has 114 valence electrons.